The fourth-order valence-corrected chi connectivity index (χ4v) is 3.86. The van der Waals surface area contributed by atoms with Crippen LogP contribution in [0.3, 0.4) is 0 Å². The highest BCUT2D eigenvalue weighted by molar-refractivity contribution is 6.60. The summed E-state index contributed by atoms with van der Waals surface area (Å²) in [4.78, 5) is 0. The quantitative estimate of drug-likeness (QED) is 0.466. The molecule has 2 atom stereocenters. The van der Waals surface area contributed by atoms with Gasteiger partial charge in [0.1, 0.15) is 6.10 Å². The summed E-state index contributed by atoms with van der Waals surface area (Å²) in [6.07, 6.45) is 1.15. The van der Waals surface area contributed by atoms with Crippen LogP contribution in [-0.4, -0.2) is 55.1 Å². The van der Waals surface area contributed by atoms with Crippen molar-refractivity contribution in [3.05, 3.63) is 0 Å². The van der Waals surface area contributed by atoms with Gasteiger partial charge in [0.25, 0.3) is 0 Å². The molecule has 0 radical (unpaired) electrons. The van der Waals surface area contributed by atoms with Gasteiger partial charge in [0.05, 0.1) is 18.8 Å². The van der Waals surface area contributed by atoms with E-state index in [2.05, 4.69) is 13.8 Å². The van der Waals surface area contributed by atoms with Gasteiger partial charge < -0.3 is 22.8 Å². The predicted octanol–water partition coefficient (Wildman–Crippen LogP) is 1.45. The van der Waals surface area contributed by atoms with E-state index in [9.17, 15) is 0 Å². The van der Waals surface area contributed by atoms with Crippen molar-refractivity contribution in [2.45, 2.75) is 38.0 Å². The first kappa shape index (κ1) is 15.1. The molecule has 6 heteroatoms. The van der Waals surface area contributed by atoms with Gasteiger partial charge in [-0.2, -0.15) is 0 Å². The third kappa shape index (κ3) is 4.31. The first-order valence-corrected chi connectivity index (χ1v) is 7.87. The lowest BCUT2D eigenvalue weighted by Gasteiger charge is -2.35. The summed E-state index contributed by atoms with van der Waals surface area (Å²) < 4.78 is 27.4. The molecule has 1 fully saturated rings. The van der Waals surface area contributed by atoms with E-state index in [1.807, 2.05) is 0 Å². The summed E-state index contributed by atoms with van der Waals surface area (Å²) in [5, 5.41) is 0. The third-order valence-corrected chi connectivity index (χ3v) is 6.34. The standard InChI is InChI=1S/C11H24O5Si/c1-6-11(2,16-8-10-7-15-10)9-17(12-3,13-4)14-5/h10H,6-9H2,1-5H3. The molecule has 0 saturated carbocycles. The van der Waals surface area contributed by atoms with Gasteiger partial charge in [-0.3, -0.25) is 0 Å². The van der Waals surface area contributed by atoms with Crippen molar-refractivity contribution >= 4 is 8.80 Å². The normalized spacial score (nSPS) is 23.5. The minimum absolute atomic E-state index is 0.268. The Bertz CT molecular complexity index is 222. The molecule has 1 saturated heterocycles. The zero-order valence-electron chi connectivity index (χ0n) is 11.4. The summed E-state index contributed by atoms with van der Waals surface area (Å²) in [7, 11) is 2.28. The van der Waals surface area contributed by atoms with Gasteiger partial charge in [0, 0.05) is 27.4 Å². The topological polar surface area (TPSA) is 49.5 Å². The van der Waals surface area contributed by atoms with E-state index in [4.69, 9.17) is 22.8 Å². The lowest BCUT2D eigenvalue weighted by molar-refractivity contribution is -0.0401. The molecule has 5 nitrogen and oxygen atoms in total. The van der Waals surface area contributed by atoms with E-state index in [0.29, 0.717) is 12.7 Å². The molecule has 1 rings (SSSR count). The SMILES string of the molecule is CCC(C)(C[Si](OC)(OC)OC)OCC1CO1. The molecule has 0 aromatic carbocycles. The number of rotatable bonds is 9. The minimum atomic E-state index is -2.59. The maximum atomic E-state index is 5.93. The van der Waals surface area contributed by atoms with Crippen LogP contribution in [0.25, 0.3) is 0 Å². The monoisotopic (exact) mass is 264 g/mol. The van der Waals surface area contributed by atoms with E-state index in [-0.39, 0.29) is 11.7 Å². The van der Waals surface area contributed by atoms with E-state index in [1.54, 1.807) is 21.3 Å². The Balaban J connectivity index is 2.56. The van der Waals surface area contributed by atoms with Gasteiger partial charge in [-0.25, -0.2) is 0 Å². The Morgan fingerprint density at radius 2 is 1.76 bits per heavy atom. The molecule has 17 heavy (non-hydrogen) atoms. The molecule has 1 aliphatic rings. The first-order valence-electron chi connectivity index (χ1n) is 5.94. The summed E-state index contributed by atoms with van der Waals surface area (Å²) in [5.74, 6) is 0. The summed E-state index contributed by atoms with van der Waals surface area (Å²) in [6.45, 7) is 5.59. The maximum absolute atomic E-state index is 5.93. The van der Waals surface area contributed by atoms with E-state index >= 15 is 0 Å². The molecule has 1 aliphatic heterocycles. The van der Waals surface area contributed by atoms with Crippen molar-refractivity contribution in [1.82, 2.24) is 0 Å². The second-order valence-electron chi connectivity index (χ2n) is 4.54. The van der Waals surface area contributed by atoms with Gasteiger partial charge in [-0.05, 0) is 13.3 Å². The van der Waals surface area contributed by atoms with Crippen molar-refractivity contribution in [3.63, 3.8) is 0 Å². The van der Waals surface area contributed by atoms with Crippen LogP contribution in [0, 0.1) is 0 Å². The molecule has 0 amide bonds. The highest BCUT2D eigenvalue weighted by Crippen LogP contribution is 2.30. The Morgan fingerprint density at radius 3 is 2.12 bits per heavy atom. The average Bonchev–Trinajstić information content (AvgIpc) is 3.18. The first-order chi connectivity index (χ1) is 8.03. The Labute approximate surface area is 105 Å². The van der Waals surface area contributed by atoms with Crippen molar-refractivity contribution in [2.75, 3.05) is 34.5 Å². The van der Waals surface area contributed by atoms with Crippen molar-refractivity contribution in [3.8, 4) is 0 Å². The zero-order valence-corrected chi connectivity index (χ0v) is 12.4. The molecule has 2 unspecified atom stereocenters. The number of ether oxygens (including phenoxy) is 2. The van der Waals surface area contributed by atoms with Gasteiger partial charge in [-0.1, -0.05) is 6.92 Å². The molecule has 0 aliphatic carbocycles. The Kier molecular flexibility index (Phi) is 5.55. The fraction of sp³-hybridized carbons (Fsp3) is 1.00. The van der Waals surface area contributed by atoms with Gasteiger partial charge in [0.2, 0.25) is 0 Å². The zero-order chi connectivity index (χ0) is 12.9. The molecule has 0 aromatic heterocycles. The van der Waals surface area contributed by atoms with Crippen molar-refractivity contribution in [2.24, 2.45) is 0 Å². The summed E-state index contributed by atoms with van der Waals surface area (Å²) >= 11 is 0. The van der Waals surface area contributed by atoms with Crippen LogP contribution >= 0.6 is 0 Å². The van der Waals surface area contributed by atoms with Gasteiger partial charge >= 0.3 is 8.80 Å². The molecule has 0 N–H and O–H groups in total. The third-order valence-electron chi connectivity index (χ3n) is 3.29. The largest absolute Gasteiger partial charge is 0.503 e. The molecule has 0 spiro atoms. The minimum Gasteiger partial charge on any atom is -0.377 e. The van der Waals surface area contributed by atoms with Crippen molar-refractivity contribution < 1.29 is 22.8 Å². The van der Waals surface area contributed by atoms with Crippen LogP contribution in [0.4, 0.5) is 0 Å². The molecular weight excluding hydrogens is 240 g/mol. The van der Waals surface area contributed by atoms with Gasteiger partial charge in [0.15, 0.2) is 0 Å². The fourth-order valence-electron chi connectivity index (χ4n) is 1.66. The van der Waals surface area contributed by atoms with Crippen LogP contribution in [-0.2, 0) is 22.8 Å². The maximum Gasteiger partial charge on any atom is 0.503 e. The second-order valence-corrected chi connectivity index (χ2v) is 7.49. The molecule has 0 aromatic rings. The van der Waals surface area contributed by atoms with Crippen LogP contribution < -0.4 is 0 Å². The number of hydrogen-bond acceptors (Lipinski definition) is 5. The number of epoxide rings is 1. The smallest absolute Gasteiger partial charge is 0.377 e. The number of hydrogen-bond donors (Lipinski definition) is 0. The average molecular weight is 264 g/mol. The Hall–Kier alpha value is 0.0169. The van der Waals surface area contributed by atoms with E-state index in [1.165, 1.54) is 0 Å². The summed E-state index contributed by atoms with van der Waals surface area (Å²) in [6, 6.07) is 0.646. The van der Waals surface area contributed by atoms with E-state index in [0.717, 1.165) is 13.0 Å². The van der Waals surface area contributed by atoms with Crippen LogP contribution in [0.2, 0.25) is 6.04 Å². The highest BCUT2D eigenvalue weighted by atomic mass is 28.4. The van der Waals surface area contributed by atoms with Gasteiger partial charge in [-0.15, -0.1) is 0 Å². The molecule has 102 valence electrons. The molecule has 1 heterocycles. The van der Waals surface area contributed by atoms with Crippen LogP contribution in [0.5, 0.6) is 0 Å². The Morgan fingerprint density at radius 1 is 1.24 bits per heavy atom. The molecular formula is C11H24O5Si. The van der Waals surface area contributed by atoms with Crippen LogP contribution in [0.15, 0.2) is 0 Å². The van der Waals surface area contributed by atoms with Crippen LogP contribution in [0.1, 0.15) is 20.3 Å². The molecule has 0 bridgehead atoms. The lowest BCUT2D eigenvalue weighted by atomic mass is 10.1. The predicted molar refractivity (Wildman–Crippen MR) is 66.0 cm³/mol. The summed E-state index contributed by atoms with van der Waals surface area (Å²) in [5.41, 5.74) is -0.291. The highest BCUT2D eigenvalue weighted by Gasteiger charge is 2.46. The lowest BCUT2D eigenvalue weighted by Crippen LogP contribution is -2.50. The second kappa shape index (κ2) is 6.26. The van der Waals surface area contributed by atoms with Crippen molar-refractivity contribution in [1.29, 1.82) is 0 Å². The van der Waals surface area contributed by atoms with E-state index < -0.39 is 8.80 Å².